The predicted octanol–water partition coefficient (Wildman–Crippen LogP) is 4.62. The highest BCUT2D eigenvalue weighted by atomic mass is 19.3. The number of oxazole rings is 1. The lowest BCUT2D eigenvalue weighted by Crippen LogP contribution is -2.25. The molecular formula is C20H16F2N2O4. The summed E-state index contributed by atoms with van der Waals surface area (Å²) >= 11 is 0. The molecule has 0 unspecified atom stereocenters. The minimum Gasteiger partial charge on any atom is -0.441 e. The lowest BCUT2D eigenvalue weighted by atomic mass is 10.2. The zero-order chi connectivity index (χ0) is 19.6. The van der Waals surface area contributed by atoms with Gasteiger partial charge in [0.2, 0.25) is 5.91 Å². The van der Waals surface area contributed by atoms with Crippen LogP contribution in [-0.4, -0.2) is 17.2 Å². The molecule has 0 fully saturated rings. The number of hydrogen-bond donors (Lipinski definition) is 1. The van der Waals surface area contributed by atoms with E-state index in [1.165, 1.54) is 18.2 Å². The van der Waals surface area contributed by atoms with E-state index < -0.39 is 6.29 Å². The molecule has 0 saturated heterocycles. The molecule has 1 aromatic heterocycles. The minimum absolute atomic E-state index is 0.0684. The number of alkyl halides is 2. The molecule has 1 amide bonds. The van der Waals surface area contributed by atoms with Crippen LogP contribution in [0.1, 0.15) is 18.7 Å². The lowest BCUT2D eigenvalue weighted by molar-refractivity contribution is -0.286. The molecule has 0 atom stereocenters. The van der Waals surface area contributed by atoms with Crippen molar-refractivity contribution < 1.29 is 27.5 Å². The average Bonchev–Trinajstić information content (AvgIpc) is 3.25. The van der Waals surface area contributed by atoms with E-state index in [4.69, 9.17) is 4.42 Å². The molecule has 144 valence electrons. The van der Waals surface area contributed by atoms with E-state index in [1.807, 2.05) is 30.3 Å². The number of carbonyl (C=O) groups excluding carboxylic acids is 1. The molecule has 4 rings (SSSR count). The monoisotopic (exact) mass is 386 g/mol. The van der Waals surface area contributed by atoms with Gasteiger partial charge in [-0.05, 0) is 18.6 Å². The van der Waals surface area contributed by atoms with Crippen LogP contribution in [0.2, 0.25) is 0 Å². The molecule has 0 saturated carbocycles. The number of rotatable bonds is 6. The minimum atomic E-state index is -3.68. The number of aryl methyl sites for hydroxylation is 1. The summed E-state index contributed by atoms with van der Waals surface area (Å²) in [4.78, 5) is 16.3. The van der Waals surface area contributed by atoms with Crippen molar-refractivity contribution in [3.63, 3.8) is 0 Å². The Morgan fingerprint density at radius 2 is 1.86 bits per heavy atom. The van der Waals surface area contributed by atoms with E-state index in [0.29, 0.717) is 30.2 Å². The Morgan fingerprint density at radius 1 is 1.07 bits per heavy atom. The Labute approximate surface area is 159 Å². The van der Waals surface area contributed by atoms with E-state index in [1.54, 1.807) is 6.20 Å². The Bertz CT molecular complexity index is 989. The summed E-state index contributed by atoms with van der Waals surface area (Å²) in [5.74, 6) is 0.798. The summed E-state index contributed by atoms with van der Waals surface area (Å²) in [6.45, 7) is 0. The molecule has 0 radical (unpaired) electrons. The largest absolute Gasteiger partial charge is 0.586 e. The van der Waals surface area contributed by atoms with Crippen LogP contribution >= 0.6 is 0 Å². The third-order valence-electron chi connectivity index (χ3n) is 4.09. The topological polar surface area (TPSA) is 73.6 Å². The van der Waals surface area contributed by atoms with Gasteiger partial charge in [-0.15, -0.1) is 8.78 Å². The van der Waals surface area contributed by atoms with Gasteiger partial charge in [-0.2, -0.15) is 0 Å². The van der Waals surface area contributed by atoms with E-state index >= 15 is 0 Å². The third kappa shape index (κ3) is 4.11. The number of benzene rings is 2. The molecule has 1 aliphatic heterocycles. The molecule has 1 N–H and O–H groups in total. The smallest absolute Gasteiger partial charge is 0.441 e. The Balaban J connectivity index is 1.27. The summed E-state index contributed by atoms with van der Waals surface area (Å²) in [5.41, 5.74) is 1.29. The van der Waals surface area contributed by atoms with Crippen molar-refractivity contribution >= 4 is 11.6 Å². The van der Waals surface area contributed by atoms with Gasteiger partial charge in [0.1, 0.15) is 0 Å². The van der Waals surface area contributed by atoms with E-state index in [2.05, 4.69) is 19.8 Å². The van der Waals surface area contributed by atoms with Crippen LogP contribution in [0.25, 0.3) is 11.3 Å². The van der Waals surface area contributed by atoms with Crippen molar-refractivity contribution in [1.29, 1.82) is 0 Å². The molecule has 3 aromatic rings. The van der Waals surface area contributed by atoms with Crippen LogP contribution in [0.4, 0.5) is 14.5 Å². The molecule has 2 heterocycles. The van der Waals surface area contributed by atoms with Crippen LogP contribution in [0.15, 0.2) is 59.1 Å². The molecule has 0 aliphatic carbocycles. The van der Waals surface area contributed by atoms with Crippen molar-refractivity contribution in [2.75, 3.05) is 5.32 Å². The molecule has 8 heteroatoms. The second-order valence-electron chi connectivity index (χ2n) is 6.22. The number of ether oxygens (including phenoxy) is 2. The number of nitrogens with one attached hydrogen (secondary N) is 1. The number of amides is 1. The predicted molar refractivity (Wildman–Crippen MR) is 96.2 cm³/mol. The number of halogens is 2. The van der Waals surface area contributed by atoms with Crippen LogP contribution in [0, 0.1) is 0 Å². The van der Waals surface area contributed by atoms with Crippen molar-refractivity contribution in [2.45, 2.75) is 25.6 Å². The third-order valence-corrected chi connectivity index (χ3v) is 4.09. The Morgan fingerprint density at radius 3 is 2.68 bits per heavy atom. The van der Waals surface area contributed by atoms with Gasteiger partial charge in [0.05, 0.1) is 6.20 Å². The second-order valence-corrected chi connectivity index (χ2v) is 6.22. The van der Waals surface area contributed by atoms with Gasteiger partial charge >= 0.3 is 6.29 Å². The van der Waals surface area contributed by atoms with Crippen molar-refractivity contribution in [3.8, 4) is 22.8 Å². The highest BCUT2D eigenvalue weighted by molar-refractivity contribution is 5.91. The van der Waals surface area contributed by atoms with Gasteiger partial charge in [0, 0.05) is 30.2 Å². The maximum absolute atomic E-state index is 13.0. The quantitative estimate of drug-likeness (QED) is 0.669. The number of hydrogen-bond acceptors (Lipinski definition) is 5. The van der Waals surface area contributed by atoms with Crippen molar-refractivity contribution in [1.82, 2.24) is 4.98 Å². The molecule has 0 spiro atoms. The number of carbonyl (C=O) groups is 1. The fourth-order valence-corrected chi connectivity index (χ4v) is 2.81. The van der Waals surface area contributed by atoms with E-state index in [-0.39, 0.29) is 23.8 Å². The molecule has 6 nitrogen and oxygen atoms in total. The van der Waals surface area contributed by atoms with Crippen LogP contribution in [0.5, 0.6) is 11.5 Å². The molecule has 2 aromatic carbocycles. The van der Waals surface area contributed by atoms with Crippen LogP contribution < -0.4 is 14.8 Å². The molecule has 28 heavy (non-hydrogen) atoms. The fourth-order valence-electron chi connectivity index (χ4n) is 2.81. The summed E-state index contributed by atoms with van der Waals surface area (Å²) in [5, 5.41) is 2.65. The van der Waals surface area contributed by atoms with Gasteiger partial charge in [0.15, 0.2) is 23.1 Å². The van der Waals surface area contributed by atoms with E-state index in [0.717, 1.165) is 5.56 Å². The van der Waals surface area contributed by atoms with Crippen molar-refractivity contribution in [3.05, 3.63) is 60.6 Å². The van der Waals surface area contributed by atoms with Crippen molar-refractivity contribution in [2.24, 2.45) is 0 Å². The van der Waals surface area contributed by atoms with Crippen LogP contribution in [-0.2, 0) is 11.2 Å². The average molecular weight is 386 g/mol. The first-order chi connectivity index (χ1) is 13.5. The number of aromatic nitrogens is 1. The number of anilines is 1. The summed E-state index contributed by atoms with van der Waals surface area (Å²) in [6, 6.07) is 13.7. The fraction of sp³-hybridized carbons (Fsp3) is 0.200. The van der Waals surface area contributed by atoms with Gasteiger partial charge in [0.25, 0.3) is 0 Å². The summed E-state index contributed by atoms with van der Waals surface area (Å²) < 4.78 is 40.4. The molecular weight excluding hydrogens is 370 g/mol. The lowest BCUT2D eigenvalue weighted by Gasteiger charge is -2.05. The normalized spacial score (nSPS) is 14.1. The highest BCUT2D eigenvalue weighted by Gasteiger charge is 2.43. The number of fused-ring (bicyclic) bond motifs is 1. The second kappa shape index (κ2) is 7.30. The Kier molecular flexibility index (Phi) is 4.68. The van der Waals surface area contributed by atoms with Gasteiger partial charge < -0.3 is 19.2 Å². The summed E-state index contributed by atoms with van der Waals surface area (Å²) in [6.07, 6.45) is -0.753. The zero-order valence-electron chi connectivity index (χ0n) is 14.7. The van der Waals surface area contributed by atoms with Gasteiger partial charge in [-0.3, -0.25) is 4.79 Å². The summed E-state index contributed by atoms with van der Waals surface area (Å²) in [7, 11) is 0. The maximum Gasteiger partial charge on any atom is 0.586 e. The van der Waals surface area contributed by atoms with Gasteiger partial charge in [-0.25, -0.2) is 4.98 Å². The first-order valence-corrected chi connectivity index (χ1v) is 8.68. The number of nitrogens with zero attached hydrogens (tertiary/aromatic N) is 1. The standard InChI is InChI=1S/C20H16F2N2O4/c21-20(22)27-15-10-9-14(11-16(15)28-20)24-18(25)7-4-8-19-23-12-17(26-19)13-5-2-1-3-6-13/h1-3,5-6,9-12H,4,7-8H2,(H,24,25). The van der Waals surface area contributed by atoms with E-state index in [9.17, 15) is 13.6 Å². The van der Waals surface area contributed by atoms with Crippen LogP contribution in [0.3, 0.4) is 0 Å². The zero-order valence-corrected chi connectivity index (χ0v) is 14.7. The highest BCUT2D eigenvalue weighted by Crippen LogP contribution is 2.42. The molecule has 0 bridgehead atoms. The molecule has 1 aliphatic rings. The first-order valence-electron chi connectivity index (χ1n) is 8.68. The SMILES string of the molecule is O=C(CCCc1ncc(-c2ccccc2)o1)Nc1ccc2c(c1)OC(F)(F)O2. The first kappa shape index (κ1) is 18.0. The Hall–Kier alpha value is -3.42. The van der Waals surface area contributed by atoms with Gasteiger partial charge in [-0.1, -0.05) is 30.3 Å². The maximum atomic E-state index is 13.0.